The van der Waals surface area contributed by atoms with Gasteiger partial charge in [-0.05, 0) is 56.7 Å². The number of halogens is 1. The van der Waals surface area contributed by atoms with Gasteiger partial charge in [0.05, 0.1) is 23.9 Å². The quantitative estimate of drug-likeness (QED) is 0.528. The molecule has 0 aliphatic carbocycles. The van der Waals surface area contributed by atoms with E-state index in [2.05, 4.69) is 15.0 Å². The van der Waals surface area contributed by atoms with E-state index in [1.54, 1.807) is 29.2 Å². The van der Waals surface area contributed by atoms with E-state index in [0.29, 0.717) is 22.1 Å². The minimum Gasteiger partial charge on any atom is -0.358 e. The lowest BCUT2D eigenvalue weighted by Crippen LogP contribution is -2.38. The number of benzene rings is 2. The molecule has 30 heavy (non-hydrogen) atoms. The highest BCUT2D eigenvalue weighted by Gasteiger charge is 2.22. The highest BCUT2D eigenvalue weighted by atomic mass is 19.1. The fraction of sp³-hybridized carbons (Fsp3) is 0.261. The van der Waals surface area contributed by atoms with E-state index in [9.17, 15) is 14.0 Å². The van der Waals surface area contributed by atoms with E-state index >= 15 is 0 Å². The van der Waals surface area contributed by atoms with Crippen LogP contribution in [0.5, 0.6) is 0 Å². The molecule has 0 fully saturated rings. The maximum absolute atomic E-state index is 13.8. The Morgan fingerprint density at radius 2 is 1.90 bits per heavy atom. The Hall–Kier alpha value is -3.48. The van der Waals surface area contributed by atoms with Crippen LogP contribution in [-0.4, -0.2) is 31.8 Å². The Morgan fingerprint density at radius 3 is 2.67 bits per heavy atom. The molecule has 0 spiro atoms. The largest absolute Gasteiger partial charge is 0.358 e. The topological polar surface area (TPSA) is 81.8 Å². The smallest absolute Gasteiger partial charge is 0.258 e. The first kappa shape index (κ1) is 19.8. The molecule has 0 aliphatic rings. The molecule has 154 valence electrons. The Balaban J connectivity index is 1.64. The number of carbonyl (C=O) groups excluding carboxylic acids is 1. The second-order valence-electron chi connectivity index (χ2n) is 7.74. The number of rotatable bonds is 5. The van der Waals surface area contributed by atoms with Gasteiger partial charge in [-0.3, -0.25) is 9.59 Å². The minimum atomic E-state index is -0.339. The molecule has 7 heteroatoms. The van der Waals surface area contributed by atoms with Crippen molar-refractivity contribution in [2.75, 3.05) is 0 Å². The van der Waals surface area contributed by atoms with Crippen molar-refractivity contribution in [1.82, 2.24) is 19.9 Å². The Kier molecular flexibility index (Phi) is 5.11. The van der Waals surface area contributed by atoms with Crippen LogP contribution < -0.4 is 5.56 Å². The summed E-state index contributed by atoms with van der Waals surface area (Å²) in [6.45, 7) is 5.90. The van der Waals surface area contributed by atoms with Crippen LogP contribution in [0.2, 0.25) is 0 Å². The van der Waals surface area contributed by atoms with Gasteiger partial charge < -0.3 is 14.9 Å². The van der Waals surface area contributed by atoms with Crippen LogP contribution in [0.4, 0.5) is 4.39 Å². The maximum atomic E-state index is 13.8. The fourth-order valence-corrected chi connectivity index (χ4v) is 3.77. The molecule has 4 rings (SSSR count). The van der Waals surface area contributed by atoms with Crippen molar-refractivity contribution >= 4 is 27.7 Å². The van der Waals surface area contributed by atoms with Gasteiger partial charge in [-0.2, -0.15) is 0 Å². The number of nitrogens with one attached hydrogen (secondary N) is 2. The minimum absolute atomic E-state index is 0.100. The number of aromatic nitrogens is 3. The number of hydrogen-bond donors (Lipinski definition) is 2. The summed E-state index contributed by atoms with van der Waals surface area (Å²) in [6, 6.07) is 11.5. The third-order valence-electron chi connectivity index (χ3n) is 5.34. The number of aryl methyl sites for hydroxylation is 1. The molecule has 4 aromatic rings. The van der Waals surface area contributed by atoms with E-state index in [-0.39, 0.29) is 36.3 Å². The van der Waals surface area contributed by atoms with Gasteiger partial charge in [-0.15, -0.1) is 0 Å². The summed E-state index contributed by atoms with van der Waals surface area (Å²) in [7, 11) is 0. The van der Waals surface area contributed by atoms with Gasteiger partial charge in [-0.1, -0.05) is 12.1 Å². The maximum Gasteiger partial charge on any atom is 0.258 e. The molecule has 1 amide bonds. The number of H-pyrrole nitrogens is 2. The lowest BCUT2D eigenvalue weighted by Gasteiger charge is -2.26. The number of para-hydroxylation sites is 1. The van der Waals surface area contributed by atoms with Crippen LogP contribution in [0, 0.1) is 12.7 Å². The summed E-state index contributed by atoms with van der Waals surface area (Å²) >= 11 is 0. The molecule has 0 atom stereocenters. The van der Waals surface area contributed by atoms with Gasteiger partial charge in [0.15, 0.2) is 0 Å². The predicted octanol–water partition coefficient (Wildman–Crippen LogP) is 3.83. The van der Waals surface area contributed by atoms with Gasteiger partial charge in [0.2, 0.25) is 5.91 Å². The zero-order valence-corrected chi connectivity index (χ0v) is 17.1. The van der Waals surface area contributed by atoms with Crippen LogP contribution in [0.1, 0.15) is 30.9 Å². The molecule has 2 aromatic heterocycles. The zero-order chi connectivity index (χ0) is 21.4. The molecule has 2 aromatic carbocycles. The molecule has 0 radical (unpaired) electrons. The van der Waals surface area contributed by atoms with E-state index in [4.69, 9.17) is 0 Å². The first-order valence-corrected chi connectivity index (χ1v) is 9.87. The number of fused-ring (bicyclic) bond motifs is 2. The summed E-state index contributed by atoms with van der Waals surface area (Å²) < 4.78 is 13.8. The predicted molar refractivity (Wildman–Crippen MR) is 115 cm³/mol. The lowest BCUT2D eigenvalue weighted by molar-refractivity contribution is -0.132. The number of amides is 1. The lowest BCUT2D eigenvalue weighted by atomic mass is 10.1. The van der Waals surface area contributed by atoms with Crippen LogP contribution in [0.15, 0.2) is 47.3 Å². The van der Waals surface area contributed by atoms with E-state index < -0.39 is 0 Å². The third-order valence-corrected chi connectivity index (χ3v) is 5.34. The zero-order valence-electron chi connectivity index (χ0n) is 17.1. The van der Waals surface area contributed by atoms with Gasteiger partial charge in [0.25, 0.3) is 5.56 Å². The Bertz CT molecular complexity index is 1310. The summed E-state index contributed by atoms with van der Waals surface area (Å²) in [5, 5.41) is 1.22. The van der Waals surface area contributed by atoms with Gasteiger partial charge in [0.1, 0.15) is 11.6 Å². The molecular weight excluding hydrogens is 383 g/mol. The molecule has 0 unspecified atom stereocenters. The summed E-state index contributed by atoms with van der Waals surface area (Å²) in [5.41, 5.74) is 2.78. The molecule has 6 nitrogen and oxygen atoms in total. The first-order chi connectivity index (χ1) is 14.3. The number of carbonyl (C=O) groups is 1. The Morgan fingerprint density at radius 1 is 1.13 bits per heavy atom. The van der Waals surface area contributed by atoms with Crippen molar-refractivity contribution in [2.45, 2.75) is 39.8 Å². The second kappa shape index (κ2) is 7.74. The van der Waals surface area contributed by atoms with E-state index in [1.807, 2.05) is 26.8 Å². The van der Waals surface area contributed by atoms with Crippen LogP contribution >= 0.6 is 0 Å². The molecular formula is C23H23FN4O2. The number of nitrogens with zero attached hydrogens (tertiary/aromatic N) is 2. The van der Waals surface area contributed by atoms with E-state index in [0.717, 1.165) is 16.8 Å². The molecule has 2 N–H and O–H groups in total. The molecule has 2 heterocycles. The van der Waals surface area contributed by atoms with Crippen molar-refractivity contribution in [2.24, 2.45) is 0 Å². The Labute approximate surface area is 172 Å². The van der Waals surface area contributed by atoms with Gasteiger partial charge in [0, 0.05) is 22.6 Å². The first-order valence-electron chi connectivity index (χ1n) is 9.87. The van der Waals surface area contributed by atoms with Crippen molar-refractivity contribution in [1.29, 1.82) is 0 Å². The second-order valence-corrected chi connectivity index (χ2v) is 7.74. The van der Waals surface area contributed by atoms with Crippen molar-refractivity contribution in [3.8, 4) is 0 Å². The molecule has 0 bridgehead atoms. The average Bonchev–Trinajstić information content (AvgIpc) is 3.00. The molecule has 0 saturated carbocycles. The molecule has 0 saturated heterocycles. The summed E-state index contributed by atoms with van der Waals surface area (Å²) in [5.74, 6) is -0.0228. The summed E-state index contributed by atoms with van der Waals surface area (Å²) in [4.78, 5) is 37.7. The van der Waals surface area contributed by atoms with Crippen LogP contribution in [0.3, 0.4) is 0 Å². The SMILES string of the molecule is Cc1[nH]c2ccc(F)cc2c1CC(=O)N(Cc1nc2ccccc2c(=O)[nH]1)C(C)C. The highest BCUT2D eigenvalue weighted by molar-refractivity contribution is 5.90. The highest BCUT2D eigenvalue weighted by Crippen LogP contribution is 2.24. The van der Waals surface area contributed by atoms with Gasteiger partial charge >= 0.3 is 0 Å². The van der Waals surface area contributed by atoms with Crippen LogP contribution in [-0.2, 0) is 17.8 Å². The molecule has 0 aliphatic heterocycles. The van der Waals surface area contributed by atoms with Crippen molar-refractivity contribution in [3.63, 3.8) is 0 Å². The monoisotopic (exact) mass is 406 g/mol. The normalized spacial score (nSPS) is 11.5. The van der Waals surface area contributed by atoms with Crippen molar-refractivity contribution in [3.05, 3.63) is 75.7 Å². The average molecular weight is 406 g/mol. The number of aromatic amines is 2. The van der Waals surface area contributed by atoms with E-state index in [1.165, 1.54) is 12.1 Å². The van der Waals surface area contributed by atoms with Gasteiger partial charge in [-0.25, -0.2) is 9.37 Å². The number of hydrogen-bond acceptors (Lipinski definition) is 3. The summed E-state index contributed by atoms with van der Waals surface area (Å²) in [6.07, 6.45) is 0.130. The van der Waals surface area contributed by atoms with Crippen molar-refractivity contribution < 1.29 is 9.18 Å². The fourth-order valence-electron chi connectivity index (χ4n) is 3.77. The van der Waals surface area contributed by atoms with Crippen LogP contribution in [0.25, 0.3) is 21.8 Å². The standard InChI is InChI=1S/C23H23FN4O2/c1-13(2)28(12-21-26-19-7-5-4-6-16(19)23(30)27-21)22(29)11-17-14(3)25-20-9-8-15(24)10-18(17)20/h4-10,13,25H,11-12H2,1-3H3,(H,26,27,30). The third kappa shape index (κ3) is 3.70.